The predicted molar refractivity (Wildman–Crippen MR) is 113 cm³/mol. The number of nitrogens with one attached hydrogen (secondary N) is 1. The van der Waals surface area contributed by atoms with Gasteiger partial charge in [-0.3, -0.25) is 0 Å². The number of urea groups is 1. The quantitative estimate of drug-likeness (QED) is 0.714. The number of hydrogen-bond donors (Lipinski definition) is 1. The molecule has 0 bridgehead atoms. The van der Waals surface area contributed by atoms with Gasteiger partial charge in [0, 0.05) is 17.0 Å². The fraction of sp³-hybridized carbons (Fsp3) is 0.500. The van der Waals surface area contributed by atoms with Gasteiger partial charge in [0.25, 0.3) is 0 Å². The Hall–Kier alpha value is -2.21. The lowest BCUT2D eigenvalue weighted by Gasteiger charge is -2.31. The van der Waals surface area contributed by atoms with Crippen LogP contribution in [0.25, 0.3) is 0 Å². The molecule has 0 spiro atoms. The van der Waals surface area contributed by atoms with Crippen molar-refractivity contribution in [2.45, 2.75) is 63.3 Å². The maximum Gasteiger partial charge on any atom is 0.341 e. The van der Waals surface area contributed by atoms with Crippen LogP contribution in [0.5, 0.6) is 5.75 Å². The molecule has 1 aliphatic carbocycles. The second-order valence-electron chi connectivity index (χ2n) is 7.58. The van der Waals surface area contributed by atoms with Crippen molar-refractivity contribution in [2.24, 2.45) is 4.99 Å². The van der Waals surface area contributed by atoms with Crippen LogP contribution in [-0.2, 0) is 0 Å². The highest BCUT2D eigenvalue weighted by molar-refractivity contribution is 7.09. The summed E-state index contributed by atoms with van der Waals surface area (Å²) < 4.78 is 5.39. The summed E-state index contributed by atoms with van der Waals surface area (Å²) >= 11 is 1.70. The maximum absolute atomic E-state index is 12.3. The molecule has 5 nitrogen and oxygen atoms in total. The Labute approximate surface area is 170 Å². The van der Waals surface area contributed by atoms with Crippen molar-refractivity contribution < 1.29 is 9.53 Å². The first kappa shape index (κ1) is 19.1. The average molecular weight is 398 g/mol. The Morgan fingerprint density at radius 1 is 1.25 bits per heavy atom. The van der Waals surface area contributed by atoms with E-state index in [0.29, 0.717) is 5.92 Å². The smallest absolute Gasteiger partial charge is 0.341 e. The van der Waals surface area contributed by atoms with Crippen LogP contribution >= 0.6 is 11.3 Å². The Kier molecular flexibility index (Phi) is 5.76. The van der Waals surface area contributed by atoms with Crippen molar-refractivity contribution in [3.8, 4) is 5.75 Å². The lowest BCUT2D eigenvalue weighted by Crippen LogP contribution is -2.39. The van der Waals surface area contributed by atoms with Gasteiger partial charge in [0.05, 0.1) is 24.8 Å². The zero-order chi connectivity index (χ0) is 19.5. The Balaban J connectivity index is 1.70. The molecule has 2 unspecified atom stereocenters. The molecule has 2 heterocycles. The predicted octanol–water partition coefficient (Wildman–Crippen LogP) is 5.60. The Morgan fingerprint density at radius 3 is 2.82 bits per heavy atom. The van der Waals surface area contributed by atoms with Gasteiger partial charge in [-0.2, -0.15) is 0 Å². The molecule has 1 aromatic carbocycles. The lowest BCUT2D eigenvalue weighted by molar-refractivity contribution is 0.242. The number of nitrogens with zero attached hydrogens (tertiary/aromatic N) is 2. The molecule has 6 heteroatoms. The largest absolute Gasteiger partial charge is 0.497 e. The fourth-order valence-electron chi connectivity index (χ4n) is 4.37. The van der Waals surface area contributed by atoms with Crippen LogP contribution in [0.3, 0.4) is 0 Å². The highest BCUT2D eigenvalue weighted by atomic mass is 32.1. The molecule has 1 aromatic heterocycles. The summed E-state index contributed by atoms with van der Waals surface area (Å²) in [5.74, 6) is 1.33. The summed E-state index contributed by atoms with van der Waals surface area (Å²) in [6.07, 6.45) is 7.14. The normalized spacial score (nSPS) is 23.2. The number of benzene rings is 1. The molecular formula is C22H27N3O2S. The third-order valence-electron chi connectivity index (χ3n) is 5.86. The van der Waals surface area contributed by atoms with Gasteiger partial charge in [0.1, 0.15) is 10.8 Å². The highest BCUT2D eigenvalue weighted by Crippen LogP contribution is 2.40. The van der Waals surface area contributed by atoms with Crippen molar-refractivity contribution in [1.29, 1.82) is 0 Å². The second-order valence-corrected chi connectivity index (χ2v) is 8.47. The van der Waals surface area contributed by atoms with Gasteiger partial charge in [-0.25, -0.2) is 14.8 Å². The number of ether oxygens (including phenoxy) is 1. The summed E-state index contributed by atoms with van der Waals surface area (Å²) in [4.78, 5) is 21.6. The molecule has 2 atom stereocenters. The second kappa shape index (κ2) is 8.43. The Bertz CT molecular complexity index is 870. The number of carbonyl (C=O) groups is 1. The standard InChI is InChI=1S/C22H27N3O2S/c1-3-17-19(21-23-18(13-28-21)14-8-5-4-6-9-14)20(25-22(26)24-17)15-10-7-11-16(12-15)27-2/h7,10-14,19-20H,3-6,8-9H2,1-2H3,(H,25,26). The maximum atomic E-state index is 12.3. The molecule has 2 aliphatic rings. The van der Waals surface area contributed by atoms with Gasteiger partial charge >= 0.3 is 6.03 Å². The summed E-state index contributed by atoms with van der Waals surface area (Å²) in [6, 6.07) is 7.46. The number of aliphatic imine (C=N–C) groups is 1. The number of amides is 2. The molecular weight excluding hydrogens is 370 g/mol. The van der Waals surface area contributed by atoms with Crippen molar-refractivity contribution in [3.63, 3.8) is 0 Å². The van der Waals surface area contributed by atoms with E-state index < -0.39 is 0 Å². The monoisotopic (exact) mass is 397 g/mol. The number of hydrogen-bond acceptors (Lipinski definition) is 4. The van der Waals surface area contributed by atoms with Gasteiger partial charge < -0.3 is 10.1 Å². The average Bonchev–Trinajstić information content (AvgIpc) is 3.23. The van der Waals surface area contributed by atoms with Crippen molar-refractivity contribution in [2.75, 3.05) is 7.11 Å². The van der Waals surface area contributed by atoms with Gasteiger partial charge in [-0.1, -0.05) is 38.3 Å². The van der Waals surface area contributed by atoms with Crippen LogP contribution in [0, 0.1) is 0 Å². The summed E-state index contributed by atoms with van der Waals surface area (Å²) in [5, 5.41) is 6.34. The molecule has 1 aliphatic heterocycles. The first-order chi connectivity index (χ1) is 13.7. The zero-order valence-corrected chi connectivity index (χ0v) is 17.3. The number of aromatic nitrogens is 1. The zero-order valence-electron chi connectivity index (χ0n) is 16.5. The van der Waals surface area contributed by atoms with E-state index in [2.05, 4.69) is 22.6 Å². The van der Waals surface area contributed by atoms with E-state index in [9.17, 15) is 4.79 Å². The van der Waals surface area contributed by atoms with Gasteiger partial charge in [0.15, 0.2) is 0 Å². The van der Waals surface area contributed by atoms with Gasteiger partial charge in [0.2, 0.25) is 0 Å². The topological polar surface area (TPSA) is 63.6 Å². The van der Waals surface area contributed by atoms with Crippen LogP contribution in [0.2, 0.25) is 0 Å². The summed E-state index contributed by atoms with van der Waals surface area (Å²) in [7, 11) is 1.66. The molecule has 0 saturated heterocycles. The van der Waals surface area contributed by atoms with E-state index >= 15 is 0 Å². The Morgan fingerprint density at radius 2 is 2.07 bits per heavy atom. The van der Waals surface area contributed by atoms with Crippen LogP contribution in [-0.4, -0.2) is 23.8 Å². The number of carbonyl (C=O) groups excluding carboxylic acids is 1. The summed E-state index contributed by atoms with van der Waals surface area (Å²) in [5.41, 5.74) is 3.14. The molecule has 0 radical (unpaired) electrons. The van der Waals surface area contributed by atoms with Crippen molar-refractivity contribution in [3.05, 3.63) is 45.9 Å². The molecule has 1 N–H and O–H groups in total. The van der Waals surface area contributed by atoms with Gasteiger partial charge in [-0.05, 0) is 37.0 Å². The van der Waals surface area contributed by atoms with E-state index in [1.54, 1.807) is 18.4 Å². The molecule has 4 rings (SSSR count). The van der Waals surface area contributed by atoms with Crippen LogP contribution < -0.4 is 10.1 Å². The lowest BCUT2D eigenvalue weighted by atomic mass is 9.86. The minimum absolute atomic E-state index is 0.0304. The highest BCUT2D eigenvalue weighted by Gasteiger charge is 2.36. The van der Waals surface area contributed by atoms with Crippen molar-refractivity contribution >= 4 is 23.1 Å². The van der Waals surface area contributed by atoms with Crippen LogP contribution in [0.15, 0.2) is 34.6 Å². The first-order valence-electron chi connectivity index (χ1n) is 10.2. The molecule has 28 heavy (non-hydrogen) atoms. The number of thiazole rings is 1. The van der Waals surface area contributed by atoms with E-state index in [0.717, 1.165) is 28.5 Å². The molecule has 1 fully saturated rings. The van der Waals surface area contributed by atoms with E-state index in [4.69, 9.17) is 9.72 Å². The van der Waals surface area contributed by atoms with Crippen LogP contribution in [0.4, 0.5) is 4.79 Å². The third kappa shape index (κ3) is 3.83. The van der Waals surface area contributed by atoms with Crippen LogP contribution in [0.1, 0.15) is 79.6 Å². The SMILES string of the molecule is CCC1=NC(=O)NC(c2cccc(OC)c2)C1c1nc(C2CCCCC2)cs1. The molecule has 1 saturated carbocycles. The summed E-state index contributed by atoms with van der Waals surface area (Å²) in [6.45, 7) is 2.06. The molecule has 2 amide bonds. The van der Waals surface area contributed by atoms with Crippen molar-refractivity contribution in [1.82, 2.24) is 10.3 Å². The molecule has 2 aromatic rings. The van der Waals surface area contributed by atoms with E-state index in [1.807, 2.05) is 24.3 Å². The van der Waals surface area contributed by atoms with E-state index in [1.165, 1.54) is 37.8 Å². The minimum Gasteiger partial charge on any atom is -0.497 e. The molecule has 148 valence electrons. The fourth-order valence-corrected chi connectivity index (χ4v) is 5.43. The number of rotatable bonds is 5. The van der Waals surface area contributed by atoms with Gasteiger partial charge in [-0.15, -0.1) is 11.3 Å². The number of methoxy groups -OCH3 is 1. The van der Waals surface area contributed by atoms with E-state index in [-0.39, 0.29) is 18.0 Å². The minimum atomic E-state index is -0.273. The third-order valence-corrected chi connectivity index (χ3v) is 6.81. The first-order valence-corrected chi connectivity index (χ1v) is 11.0.